The number of nitrogens with one attached hydrogen (secondary N) is 1. The molecule has 0 saturated carbocycles. The quantitative estimate of drug-likeness (QED) is 0.518. The van der Waals surface area contributed by atoms with Crippen molar-refractivity contribution in [1.82, 2.24) is 5.32 Å². The Morgan fingerprint density at radius 3 is 2.68 bits per heavy atom. The molecule has 1 heterocycles. The number of amides is 1. The van der Waals surface area contributed by atoms with Crippen molar-refractivity contribution < 1.29 is 9.72 Å². The Bertz CT molecular complexity index is 573. The summed E-state index contributed by atoms with van der Waals surface area (Å²) in [6.45, 7) is 3.54. The van der Waals surface area contributed by atoms with Gasteiger partial charge < -0.3 is 5.32 Å². The summed E-state index contributed by atoms with van der Waals surface area (Å²) in [5.41, 5.74) is 1.07. The largest absolute Gasteiger partial charge is 0.350 e. The molecule has 1 aliphatic rings. The van der Waals surface area contributed by atoms with Crippen molar-refractivity contribution in [2.24, 2.45) is 0 Å². The number of benzene rings is 1. The van der Waals surface area contributed by atoms with E-state index in [0.29, 0.717) is 17.7 Å². The van der Waals surface area contributed by atoms with E-state index in [4.69, 9.17) is 12.2 Å². The number of anilines is 1. The lowest BCUT2D eigenvalue weighted by molar-refractivity contribution is -0.385. The molecular formula is C12H13N3O3S. The van der Waals surface area contributed by atoms with Gasteiger partial charge in [-0.25, -0.2) is 0 Å². The van der Waals surface area contributed by atoms with Crippen molar-refractivity contribution in [1.29, 1.82) is 0 Å². The molecule has 6 nitrogen and oxygen atoms in total. The smallest absolute Gasteiger partial charge is 0.274 e. The molecule has 1 unspecified atom stereocenters. The predicted molar refractivity (Wildman–Crippen MR) is 75.2 cm³/mol. The lowest BCUT2D eigenvalue weighted by Gasteiger charge is -2.15. The number of hydrogen-bond donors (Lipinski definition) is 1. The Kier molecular flexibility index (Phi) is 3.48. The SMILES string of the molecule is CCc1ccc(N2C(=O)C(C)NC2=S)cc1[N+](=O)[O-]. The molecule has 1 N–H and O–H groups in total. The van der Waals surface area contributed by atoms with Crippen LogP contribution in [0.5, 0.6) is 0 Å². The molecule has 0 aromatic heterocycles. The second-order valence-corrected chi connectivity index (χ2v) is 4.66. The molecule has 0 spiro atoms. The van der Waals surface area contributed by atoms with Gasteiger partial charge in [-0.2, -0.15) is 0 Å². The summed E-state index contributed by atoms with van der Waals surface area (Å²) >= 11 is 5.07. The molecule has 1 amide bonds. The van der Waals surface area contributed by atoms with E-state index in [-0.39, 0.29) is 16.7 Å². The minimum absolute atomic E-state index is 0.00940. The molecule has 1 fully saturated rings. The second kappa shape index (κ2) is 4.93. The van der Waals surface area contributed by atoms with E-state index in [0.717, 1.165) is 0 Å². The van der Waals surface area contributed by atoms with E-state index in [1.807, 2.05) is 6.92 Å². The van der Waals surface area contributed by atoms with Crippen LogP contribution in [0.1, 0.15) is 19.4 Å². The van der Waals surface area contributed by atoms with Gasteiger partial charge in [-0.05, 0) is 31.6 Å². The van der Waals surface area contributed by atoms with E-state index < -0.39 is 11.0 Å². The molecule has 7 heteroatoms. The summed E-state index contributed by atoms with van der Waals surface area (Å²) in [5, 5.41) is 14.1. The molecule has 1 aliphatic heterocycles. The van der Waals surface area contributed by atoms with Crippen LogP contribution in [0.15, 0.2) is 18.2 Å². The van der Waals surface area contributed by atoms with Crippen LogP contribution in [0.3, 0.4) is 0 Å². The molecule has 1 atom stereocenters. The van der Waals surface area contributed by atoms with E-state index >= 15 is 0 Å². The van der Waals surface area contributed by atoms with Gasteiger partial charge in [-0.1, -0.05) is 13.0 Å². The van der Waals surface area contributed by atoms with Crippen LogP contribution in [0.25, 0.3) is 0 Å². The maximum atomic E-state index is 12.0. The predicted octanol–water partition coefficient (Wildman–Crippen LogP) is 1.77. The molecule has 19 heavy (non-hydrogen) atoms. The van der Waals surface area contributed by atoms with Crippen LogP contribution in [-0.4, -0.2) is 22.0 Å². The number of aryl methyl sites for hydroxylation is 1. The Morgan fingerprint density at radius 2 is 2.21 bits per heavy atom. The molecular weight excluding hydrogens is 266 g/mol. The first-order chi connectivity index (χ1) is 8.95. The molecule has 0 aliphatic carbocycles. The van der Waals surface area contributed by atoms with Gasteiger partial charge in [-0.15, -0.1) is 0 Å². The summed E-state index contributed by atoms with van der Waals surface area (Å²) in [5.74, 6) is -0.205. The van der Waals surface area contributed by atoms with Gasteiger partial charge in [0.15, 0.2) is 5.11 Å². The first kappa shape index (κ1) is 13.4. The Morgan fingerprint density at radius 1 is 1.53 bits per heavy atom. The summed E-state index contributed by atoms with van der Waals surface area (Å²) in [6.07, 6.45) is 0.559. The lowest BCUT2D eigenvalue weighted by Crippen LogP contribution is -2.30. The lowest BCUT2D eigenvalue weighted by atomic mass is 10.1. The maximum absolute atomic E-state index is 12.0. The van der Waals surface area contributed by atoms with Gasteiger partial charge in [0, 0.05) is 11.6 Å². The van der Waals surface area contributed by atoms with Crippen LogP contribution in [0, 0.1) is 10.1 Å². The van der Waals surface area contributed by atoms with Crippen molar-refractivity contribution >= 4 is 34.6 Å². The number of nitro groups is 1. The average Bonchev–Trinajstić information content (AvgIpc) is 2.62. The number of hydrogen-bond acceptors (Lipinski definition) is 4. The highest BCUT2D eigenvalue weighted by atomic mass is 32.1. The van der Waals surface area contributed by atoms with Gasteiger partial charge in [0.2, 0.25) is 0 Å². The molecule has 0 bridgehead atoms. The molecule has 1 saturated heterocycles. The van der Waals surface area contributed by atoms with Gasteiger partial charge in [0.25, 0.3) is 11.6 Å². The number of carbonyl (C=O) groups is 1. The minimum atomic E-state index is -0.442. The standard InChI is InChI=1S/C12H13N3O3S/c1-3-8-4-5-9(6-10(8)15(17)18)14-11(16)7(2)13-12(14)19/h4-7H,3H2,1-2H3,(H,13,19). The maximum Gasteiger partial charge on any atom is 0.274 e. The zero-order chi connectivity index (χ0) is 14.2. The molecule has 2 rings (SSSR count). The van der Waals surface area contributed by atoms with E-state index in [2.05, 4.69) is 5.32 Å². The monoisotopic (exact) mass is 279 g/mol. The normalized spacial score (nSPS) is 18.6. The van der Waals surface area contributed by atoms with Crippen LogP contribution < -0.4 is 10.2 Å². The summed E-state index contributed by atoms with van der Waals surface area (Å²) in [6, 6.07) is 4.32. The van der Waals surface area contributed by atoms with Crippen molar-refractivity contribution in [3.8, 4) is 0 Å². The first-order valence-corrected chi connectivity index (χ1v) is 6.28. The van der Waals surface area contributed by atoms with Crippen molar-refractivity contribution in [2.45, 2.75) is 26.3 Å². The third-order valence-corrected chi connectivity index (χ3v) is 3.34. The first-order valence-electron chi connectivity index (χ1n) is 5.87. The average molecular weight is 279 g/mol. The number of carbonyl (C=O) groups excluding carboxylic acids is 1. The fourth-order valence-corrected chi connectivity index (χ4v) is 2.38. The van der Waals surface area contributed by atoms with E-state index in [9.17, 15) is 14.9 Å². The van der Waals surface area contributed by atoms with Crippen molar-refractivity contribution in [2.75, 3.05) is 4.90 Å². The highest BCUT2D eigenvalue weighted by Crippen LogP contribution is 2.28. The summed E-state index contributed by atoms with van der Waals surface area (Å²) < 4.78 is 0. The van der Waals surface area contributed by atoms with Crippen LogP contribution >= 0.6 is 12.2 Å². The molecule has 1 aromatic carbocycles. The fourth-order valence-electron chi connectivity index (χ4n) is 2.01. The van der Waals surface area contributed by atoms with E-state index in [1.54, 1.807) is 19.1 Å². The third kappa shape index (κ3) is 2.28. The zero-order valence-electron chi connectivity index (χ0n) is 10.5. The van der Waals surface area contributed by atoms with Crippen LogP contribution in [0.2, 0.25) is 0 Å². The highest BCUT2D eigenvalue weighted by Gasteiger charge is 2.34. The van der Waals surface area contributed by atoms with Crippen molar-refractivity contribution in [3.63, 3.8) is 0 Å². The summed E-state index contributed by atoms with van der Waals surface area (Å²) in [4.78, 5) is 23.8. The zero-order valence-corrected chi connectivity index (χ0v) is 11.4. The van der Waals surface area contributed by atoms with Crippen molar-refractivity contribution in [3.05, 3.63) is 33.9 Å². The molecule has 1 aromatic rings. The van der Waals surface area contributed by atoms with E-state index in [1.165, 1.54) is 11.0 Å². The number of thiocarbonyl (C=S) groups is 1. The second-order valence-electron chi connectivity index (χ2n) is 4.27. The van der Waals surface area contributed by atoms with Crippen LogP contribution in [0.4, 0.5) is 11.4 Å². The summed E-state index contributed by atoms with van der Waals surface area (Å²) in [7, 11) is 0. The Balaban J connectivity index is 2.47. The number of nitro benzene ring substituents is 1. The highest BCUT2D eigenvalue weighted by molar-refractivity contribution is 7.80. The third-order valence-electron chi connectivity index (χ3n) is 3.04. The number of rotatable bonds is 3. The Labute approximate surface area is 115 Å². The van der Waals surface area contributed by atoms with Crippen LogP contribution in [-0.2, 0) is 11.2 Å². The molecule has 100 valence electrons. The Hall–Kier alpha value is -2.02. The molecule has 0 radical (unpaired) electrons. The van der Waals surface area contributed by atoms with Gasteiger partial charge in [-0.3, -0.25) is 19.8 Å². The van der Waals surface area contributed by atoms with Gasteiger partial charge in [0.1, 0.15) is 6.04 Å². The fraction of sp³-hybridized carbons (Fsp3) is 0.333. The number of nitrogens with zero attached hydrogens (tertiary/aromatic N) is 2. The van der Waals surface area contributed by atoms with Gasteiger partial charge >= 0.3 is 0 Å². The minimum Gasteiger partial charge on any atom is -0.350 e. The topological polar surface area (TPSA) is 75.5 Å². The van der Waals surface area contributed by atoms with Gasteiger partial charge in [0.05, 0.1) is 10.6 Å².